The minimum Gasteiger partial charge on any atom is -0.370 e. The van der Waals surface area contributed by atoms with Gasteiger partial charge in [-0.25, -0.2) is 0 Å². The van der Waals surface area contributed by atoms with Crippen molar-refractivity contribution in [1.29, 1.82) is 5.26 Å². The van der Waals surface area contributed by atoms with E-state index in [-0.39, 0.29) is 0 Å². The summed E-state index contributed by atoms with van der Waals surface area (Å²) in [6.07, 6.45) is 0. The molecule has 1 aliphatic rings. The molecule has 1 aliphatic heterocycles. The number of aryl methyl sites for hydroxylation is 2. The molecule has 0 spiro atoms. The second kappa shape index (κ2) is 4.37. The molecule has 2 atom stereocenters. The molecule has 0 radical (unpaired) electrons. The lowest BCUT2D eigenvalue weighted by Gasteiger charge is -2.21. The maximum atomic E-state index is 9.27. The molecule has 1 aromatic rings. The zero-order valence-corrected chi connectivity index (χ0v) is 11.0. The van der Waals surface area contributed by atoms with Gasteiger partial charge in [-0.15, -0.1) is 0 Å². The van der Waals surface area contributed by atoms with Crippen LogP contribution in [0, 0.1) is 37.0 Å². The van der Waals surface area contributed by atoms with E-state index in [1.807, 2.05) is 19.9 Å². The summed E-state index contributed by atoms with van der Waals surface area (Å²) in [6.45, 7) is 10.5. The Morgan fingerprint density at radius 2 is 1.88 bits per heavy atom. The number of nitriles is 1. The minimum absolute atomic E-state index is 0.690. The van der Waals surface area contributed by atoms with Crippen molar-refractivity contribution in [1.82, 2.24) is 4.98 Å². The Morgan fingerprint density at radius 1 is 1.29 bits per heavy atom. The van der Waals surface area contributed by atoms with Crippen molar-refractivity contribution in [3.8, 4) is 6.07 Å². The molecular formula is C14H19N3. The Morgan fingerprint density at radius 3 is 2.41 bits per heavy atom. The maximum absolute atomic E-state index is 9.27. The van der Waals surface area contributed by atoms with Crippen molar-refractivity contribution >= 4 is 5.69 Å². The van der Waals surface area contributed by atoms with E-state index in [9.17, 15) is 5.26 Å². The van der Waals surface area contributed by atoms with Crippen molar-refractivity contribution in [3.63, 3.8) is 0 Å². The van der Waals surface area contributed by atoms with E-state index < -0.39 is 0 Å². The van der Waals surface area contributed by atoms with Gasteiger partial charge in [0.05, 0.1) is 16.9 Å². The van der Waals surface area contributed by atoms with Crippen molar-refractivity contribution in [2.45, 2.75) is 27.7 Å². The highest BCUT2D eigenvalue weighted by atomic mass is 15.2. The van der Waals surface area contributed by atoms with Crippen LogP contribution in [0.15, 0.2) is 6.07 Å². The number of rotatable bonds is 1. The van der Waals surface area contributed by atoms with E-state index in [1.54, 1.807) is 0 Å². The Kier molecular flexibility index (Phi) is 3.06. The summed E-state index contributed by atoms with van der Waals surface area (Å²) in [5.41, 5.74) is 3.63. The summed E-state index contributed by atoms with van der Waals surface area (Å²) in [4.78, 5) is 6.69. The topological polar surface area (TPSA) is 39.9 Å². The highest BCUT2D eigenvalue weighted by Crippen LogP contribution is 2.31. The molecule has 3 heteroatoms. The molecule has 0 aliphatic carbocycles. The highest BCUT2D eigenvalue weighted by Gasteiger charge is 2.28. The molecule has 2 unspecified atom stereocenters. The molecule has 1 aromatic heterocycles. The predicted octanol–water partition coefficient (Wildman–Crippen LogP) is 2.66. The zero-order chi connectivity index (χ0) is 12.6. The Hall–Kier alpha value is -1.56. The molecule has 17 heavy (non-hydrogen) atoms. The van der Waals surface area contributed by atoms with Crippen molar-refractivity contribution in [3.05, 3.63) is 23.0 Å². The quantitative estimate of drug-likeness (QED) is 0.743. The third kappa shape index (κ3) is 2.12. The van der Waals surface area contributed by atoms with Crippen LogP contribution >= 0.6 is 0 Å². The van der Waals surface area contributed by atoms with Crippen molar-refractivity contribution in [2.75, 3.05) is 18.0 Å². The molecule has 90 valence electrons. The first-order valence-corrected chi connectivity index (χ1v) is 6.16. The summed E-state index contributed by atoms with van der Waals surface area (Å²) in [5, 5.41) is 9.27. The van der Waals surface area contributed by atoms with Crippen molar-refractivity contribution < 1.29 is 0 Å². The van der Waals surface area contributed by atoms with Crippen LogP contribution in [0.5, 0.6) is 0 Å². The van der Waals surface area contributed by atoms with Gasteiger partial charge in [0.2, 0.25) is 0 Å². The van der Waals surface area contributed by atoms with Crippen LogP contribution in [0.25, 0.3) is 0 Å². The number of hydrogen-bond acceptors (Lipinski definition) is 3. The zero-order valence-electron chi connectivity index (χ0n) is 11.0. The van der Waals surface area contributed by atoms with Gasteiger partial charge in [0.15, 0.2) is 0 Å². The van der Waals surface area contributed by atoms with Gasteiger partial charge in [0, 0.05) is 18.8 Å². The highest BCUT2D eigenvalue weighted by molar-refractivity contribution is 5.62. The second-order valence-electron chi connectivity index (χ2n) is 5.21. The van der Waals surface area contributed by atoms with Gasteiger partial charge in [-0.2, -0.15) is 5.26 Å². The maximum Gasteiger partial charge on any atom is 0.103 e. The molecular weight excluding hydrogens is 210 g/mol. The molecule has 1 fully saturated rings. The van der Waals surface area contributed by atoms with Crippen LogP contribution in [0.2, 0.25) is 0 Å². The minimum atomic E-state index is 0.690. The second-order valence-corrected chi connectivity index (χ2v) is 5.21. The van der Waals surface area contributed by atoms with Gasteiger partial charge < -0.3 is 4.90 Å². The third-order valence-electron chi connectivity index (χ3n) is 3.75. The smallest absolute Gasteiger partial charge is 0.103 e. The number of pyridine rings is 1. The average Bonchev–Trinajstić information content (AvgIpc) is 2.58. The van der Waals surface area contributed by atoms with Crippen LogP contribution in [-0.4, -0.2) is 18.1 Å². The lowest BCUT2D eigenvalue weighted by atomic mass is 10.0. The van der Waals surface area contributed by atoms with E-state index in [2.05, 4.69) is 29.8 Å². The Bertz CT molecular complexity index is 463. The van der Waals surface area contributed by atoms with Crippen LogP contribution < -0.4 is 4.90 Å². The Balaban J connectivity index is 2.42. The first-order valence-electron chi connectivity index (χ1n) is 6.16. The van der Waals surface area contributed by atoms with Crippen LogP contribution in [0.4, 0.5) is 5.69 Å². The van der Waals surface area contributed by atoms with Gasteiger partial charge >= 0.3 is 0 Å². The molecule has 0 saturated carbocycles. The predicted molar refractivity (Wildman–Crippen MR) is 69.0 cm³/mol. The number of anilines is 1. The summed E-state index contributed by atoms with van der Waals surface area (Å²) in [7, 11) is 0. The fourth-order valence-corrected chi connectivity index (χ4v) is 2.52. The first-order chi connectivity index (χ1) is 8.02. The Labute approximate surface area is 103 Å². The summed E-state index contributed by atoms with van der Waals surface area (Å²) in [6, 6.07) is 4.33. The SMILES string of the molecule is Cc1cc(N2CC(C)C(C)C2)c(C#N)c(C)n1. The summed E-state index contributed by atoms with van der Waals surface area (Å²) >= 11 is 0. The first kappa shape index (κ1) is 11.9. The third-order valence-corrected chi connectivity index (χ3v) is 3.75. The lowest BCUT2D eigenvalue weighted by molar-refractivity contribution is 0.494. The molecule has 0 aromatic carbocycles. The number of hydrogen-bond donors (Lipinski definition) is 0. The van der Waals surface area contributed by atoms with E-state index in [1.165, 1.54) is 0 Å². The van der Waals surface area contributed by atoms with Crippen LogP contribution in [-0.2, 0) is 0 Å². The van der Waals surface area contributed by atoms with E-state index >= 15 is 0 Å². The fraction of sp³-hybridized carbons (Fsp3) is 0.571. The van der Waals surface area contributed by atoms with E-state index in [4.69, 9.17) is 0 Å². The molecule has 0 N–H and O–H groups in total. The van der Waals surface area contributed by atoms with Gasteiger partial charge in [-0.05, 0) is 31.7 Å². The van der Waals surface area contributed by atoms with Gasteiger partial charge in [0.1, 0.15) is 6.07 Å². The van der Waals surface area contributed by atoms with Crippen molar-refractivity contribution in [2.24, 2.45) is 11.8 Å². The number of nitrogens with zero attached hydrogens (tertiary/aromatic N) is 3. The van der Waals surface area contributed by atoms with Crippen LogP contribution in [0.3, 0.4) is 0 Å². The standard InChI is InChI=1S/C14H19N3/c1-9-7-17(8-10(9)2)14-5-11(3)16-12(4)13(14)6-15/h5,9-10H,7-8H2,1-4H3. The lowest BCUT2D eigenvalue weighted by Crippen LogP contribution is -2.21. The van der Waals surface area contributed by atoms with E-state index in [0.29, 0.717) is 11.8 Å². The molecule has 0 bridgehead atoms. The van der Waals surface area contributed by atoms with Gasteiger partial charge in [-0.3, -0.25) is 4.98 Å². The largest absolute Gasteiger partial charge is 0.370 e. The van der Waals surface area contributed by atoms with Crippen LogP contribution in [0.1, 0.15) is 30.8 Å². The summed E-state index contributed by atoms with van der Waals surface area (Å²) < 4.78 is 0. The fourth-order valence-electron chi connectivity index (χ4n) is 2.52. The number of aromatic nitrogens is 1. The summed E-state index contributed by atoms with van der Waals surface area (Å²) in [5.74, 6) is 1.38. The molecule has 3 nitrogen and oxygen atoms in total. The van der Waals surface area contributed by atoms with E-state index in [0.717, 1.165) is 35.7 Å². The molecule has 0 amide bonds. The van der Waals surface area contributed by atoms with Gasteiger partial charge in [0.25, 0.3) is 0 Å². The molecule has 1 saturated heterocycles. The average molecular weight is 229 g/mol. The molecule has 2 heterocycles. The molecule has 2 rings (SSSR count). The monoisotopic (exact) mass is 229 g/mol. The normalized spacial score (nSPS) is 23.8. The van der Waals surface area contributed by atoms with Gasteiger partial charge in [-0.1, -0.05) is 13.8 Å².